The third-order valence-corrected chi connectivity index (χ3v) is 5.40. The van der Waals surface area contributed by atoms with Gasteiger partial charge in [-0.1, -0.05) is 0 Å². The summed E-state index contributed by atoms with van der Waals surface area (Å²) in [6.07, 6.45) is 4.40. The van der Waals surface area contributed by atoms with Gasteiger partial charge in [0, 0.05) is 11.9 Å². The second-order valence-corrected chi connectivity index (χ2v) is 7.66. The van der Waals surface area contributed by atoms with E-state index in [1.807, 2.05) is 23.6 Å². The van der Waals surface area contributed by atoms with Crippen LogP contribution in [0.2, 0.25) is 0 Å². The standard InChI is InChI=1S/C21H28N4O4S/c1-3-28-20(26)13-17-15-30-21(23-17)24-22-14-16-6-7-18(19(12-16)27-2)29-11-10-25-8-4-5-9-25/h6-7,12,14-15H,3-5,8-11,13H2,1-2H3,(H,23,24). The number of nitrogens with one attached hydrogen (secondary N) is 1. The molecule has 0 bridgehead atoms. The van der Waals surface area contributed by atoms with E-state index in [0.29, 0.717) is 29.8 Å². The largest absolute Gasteiger partial charge is 0.493 e. The molecule has 0 unspecified atom stereocenters. The van der Waals surface area contributed by atoms with Gasteiger partial charge in [-0.3, -0.25) is 15.1 Å². The predicted octanol–water partition coefficient (Wildman–Crippen LogP) is 3.18. The molecule has 0 spiro atoms. The molecule has 0 radical (unpaired) electrons. The molecule has 9 heteroatoms. The molecule has 0 aliphatic carbocycles. The number of hydrogen-bond donors (Lipinski definition) is 1. The fraction of sp³-hybridized carbons (Fsp3) is 0.476. The number of hydrazone groups is 1. The van der Waals surface area contributed by atoms with Gasteiger partial charge >= 0.3 is 5.97 Å². The summed E-state index contributed by atoms with van der Waals surface area (Å²) in [5.74, 6) is 1.12. The van der Waals surface area contributed by atoms with Crippen LogP contribution in [-0.2, 0) is 16.0 Å². The molecule has 0 saturated carbocycles. The predicted molar refractivity (Wildman–Crippen MR) is 118 cm³/mol. The fourth-order valence-corrected chi connectivity index (χ4v) is 3.80. The Bertz CT molecular complexity index is 849. The van der Waals surface area contributed by atoms with Crippen LogP contribution in [0.5, 0.6) is 11.5 Å². The maximum absolute atomic E-state index is 11.5. The lowest BCUT2D eigenvalue weighted by molar-refractivity contribution is -0.142. The first-order valence-electron chi connectivity index (χ1n) is 10.1. The first-order valence-corrected chi connectivity index (χ1v) is 11.0. The van der Waals surface area contributed by atoms with Crippen LogP contribution in [0.1, 0.15) is 31.0 Å². The first kappa shape index (κ1) is 22.0. The second kappa shape index (κ2) is 11.5. The van der Waals surface area contributed by atoms with E-state index in [0.717, 1.165) is 30.9 Å². The summed E-state index contributed by atoms with van der Waals surface area (Å²) >= 11 is 1.38. The number of aromatic nitrogens is 1. The van der Waals surface area contributed by atoms with Gasteiger partial charge in [-0.15, -0.1) is 11.3 Å². The number of carbonyl (C=O) groups excluding carboxylic acids is 1. The number of hydrogen-bond acceptors (Lipinski definition) is 9. The van der Waals surface area contributed by atoms with Gasteiger partial charge in [0.15, 0.2) is 11.5 Å². The lowest BCUT2D eigenvalue weighted by atomic mass is 10.2. The Morgan fingerprint density at radius 1 is 1.33 bits per heavy atom. The number of rotatable bonds is 11. The summed E-state index contributed by atoms with van der Waals surface area (Å²) < 4.78 is 16.3. The average Bonchev–Trinajstić information content (AvgIpc) is 3.41. The summed E-state index contributed by atoms with van der Waals surface area (Å²) in [6, 6.07) is 5.70. The molecule has 30 heavy (non-hydrogen) atoms. The van der Waals surface area contributed by atoms with Crippen molar-refractivity contribution >= 4 is 28.7 Å². The van der Waals surface area contributed by atoms with E-state index in [2.05, 4.69) is 20.4 Å². The van der Waals surface area contributed by atoms with Crippen LogP contribution in [-0.4, -0.2) is 62.0 Å². The molecule has 162 valence electrons. The summed E-state index contributed by atoms with van der Waals surface area (Å²) in [6.45, 7) is 6.04. The highest BCUT2D eigenvalue weighted by Crippen LogP contribution is 2.27. The Hall–Kier alpha value is -2.65. The second-order valence-electron chi connectivity index (χ2n) is 6.80. The number of ether oxygens (including phenoxy) is 3. The summed E-state index contributed by atoms with van der Waals surface area (Å²) in [7, 11) is 1.63. The molecule has 1 saturated heterocycles. The van der Waals surface area contributed by atoms with Gasteiger partial charge in [0.05, 0.1) is 32.0 Å². The first-order chi connectivity index (χ1) is 14.7. The average molecular weight is 433 g/mol. The Kier molecular flexibility index (Phi) is 8.46. The zero-order valence-corrected chi connectivity index (χ0v) is 18.2. The number of benzene rings is 1. The van der Waals surface area contributed by atoms with Crippen molar-refractivity contribution in [1.29, 1.82) is 0 Å². The Morgan fingerprint density at radius 2 is 2.17 bits per heavy atom. The van der Waals surface area contributed by atoms with E-state index in [1.165, 1.54) is 24.2 Å². The minimum absolute atomic E-state index is 0.159. The van der Waals surface area contributed by atoms with Gasteiger partial charge in [0.25, 0.3) is 0 Å². The van der Waals surface area contributed by atoms with Gasteiger partial charge < -0.3 is 14.2 Å². The summed E-state index contributed by atoms with van der Waals surface area (Å²) in [5, 5.41) is 6.64. The van der Waals surface area contributed by atoms with Crippen LogP contribution in [0.15, 0.2) is 28.7 Å². The summed E-state index contributed by atoms with van der Waals surface area (Å²) in [4.78, 5) is 18.2. The van der Waals surface area contributed by atoms with E-state index < -0.39 is 0 Å². The smallest absolute Gasteiger partial charge is 0.311 e. The molecule has 8 nitrogen and oxygen atoms in total. The van der Waals surface area contributed by atoms with Crippen molar-refractivity contribution in [3.05, 3.63) is 34.8 Å². The highest BCUT2D eigenvalue weighted by molar-refractivity contribution is 7.13. The number of nitrogens with zero attached hydrogens (tertiary/aromatic N) is 3. The van der Waals surface area contributed by atoms with Crippen LogP contribution in [0.4, 0.5) is 5.13 Å². The van der Waals surface area contributed by atoms with Gasteiger partial charge in [-0.25, -0.2) is 4.98 Å². The molecular formula is C21H28N4O4S. The third-order valence-electron chi connectivity index (χ3n) is 4.61. The minimum atomic E-state index is -0.285. The molecule has 1 aliphatic rings. The van der Waals surface area contributed by atoms with Crippen molar-refractivity contribution in [2.24, 2.45) is 5.10 Å². The molecular weight excluding hydrogens is 404 g/mol. The zero-order valence-electron chi connectivity index (χ0n) is 17.4. The maximum Gasteiger partial charge on any atom is 0.311 e. The van der Waals surface area contributed by atoms with Crippen molar-refractivity contribution in [3.63, 3.8) is 0 Å². The lowest BCUT2D eigenvalue weighted by Gasteiger charge is -2.16. The SMILES string of the molecule is CCOC(=O)Cc1csc(NN=Cc2ccc(OCCN3CCCC3)c(OC)c2)n1. The molecule has 1 aromatic carbocycles. The molecule has 1 aromatic heterocycles. The van der Waals surface area contributed by atoms with Gasteiger partial charge in [0.1, 0.15) is 6.61 Å². The molecule has 1 N–H and O–H groups in total. The van der Waals surface area contributed by atoms with Gasteiger partial charge in [-0.2, -0.15) is 5.10 Å². The topological polar surface area (TPSA) is 85.3 Å². The number of thiazole rings is 1. The Balaban J connectivity index is 1.50. The highest BCUT2D eigenvalue weighted by atomic mass is 32.1. The number of methoxy groups -OCH3 is 1. The molecule has 2 heterocycles. The van der Waals surface area contributed by atoms with Crippen molar-refractivity contribution in [2.75, 3.05) is 45.4 Å². The van der Waals surface area contributed by atoms with Crippen molar-refractivity contribution in [3.8, 4) is 11.5 Å². The van der Waals surface area contributed by atoms with Crippen LogP contribution in [0.3, 0.4) is 0 Å². The highest BCUT2D eigenvalue weighted by Gasteiger charge is 2.12. The molecule has 1 fully saturated rings. The Labute approximate surface area is 180 Å². The van der Waals surface area contributed by atoms with E-state index >= 15 is 0 Å². The van der Waals surface area contributed by atoms with Crippen LogP contribution < -0.4 is 14.9 Å². The van der Waals surface area contributed by atoms with E-state index in [-0.39, 0.29) is 12.4 Å². The normalized spacial score (nSPS) is 14.2. The van der Waals surface area contributed by atoms with Crippen molar-refractivity contribution in [2.45, 2.75) is 26.2 Å². The Morgan fingerprint density at radius 3 is 2.93 bits per heavy atom. The minimum Gasteiger partial charge on any atom is -0.493 e. The molecule has 1 aliphatic heterocycles. The third kappa shape index (κ3) is 6.70. The van der Waals surface area contributed by atoms with Crippen LogP contribution >= 0.6 is 11.3 Å². The molecule has 3 rings (SSSR count). The summed E-state index contributed by atoms with van der Waals surface area (Å²) in [5.41, 5.74) is 4.41. The van der Waals surface area contributed by atoms with Crippen molar-refractivity contribution < 1.29 is 19.0 Å². The fourth-order valence-electron chi connectivity index (χ4n) is 3.14. The zero-order chi connectivity index (χ0) is 21.2. The number of carbonyl (C=O) groups is 1. The van der Waals surface area contributed by atoms with Crippen molar-refractivity contribution in [1.82, 2.24) is 9.88 Å². The van der Waals surface area contributed by atoms with Crippen LogP contribution in [0.25, 0.3) is 0 Å². The van der Waals surface area contributed by atoms with E-state index in [9.17, 15) is 4.79 Å². The van der Waals surface area contributed by atoms with Gasteiger partial charge in [0.2, 0.25) is 5.13 Å². The van der Waals surface area contributed by atoms with E-state index in [1.54, 1.807) is 20.2 Å². The number of anilines is 1. The lowest BCUT2D eigenvalue weighted by Crippen LogP contribution is -2.25. The quantitative estimate of drug-likeness (QED) is 0.332. The molecule has 0 amide bonds. The van der Waals surface area contributed by atoms with Crippen LogP contribution in [0, 0.1) is 0 Å². The monoisotopic (exact) mass is 432 g/mol. The molecule has 0 atom stereocenters. The van der Waals surface area contributed by atoms with E-state index in [4.69, 9.17) is 14.2 Å². The number of esters is 1. The maximum atomic E-state index is 11.5. The molecule has 2 aromatic rings. The van der Waals surface area contributed by atoms with Gasteiger partial charge in [-0.05, 0) is 56.6 Å². The number of likely N-dealkylation sites (tertiary alicyclic amines) is 1.